The molecule has 1 N–H and O–H groups in total. The number of para-hydroxylation sites is 1. The van der Waals surface area contributed by atoms with E-state index in [0.717, 1.165) is 34.5 Å². The van der Waals surface area contributed by atoms with Crippen LogP contribution in [-0.4, -0.2) is 32.0 Å². The van der Waals surface area contributed by atoms with Gasteiger partial charge in [-0.1, -0.05) is 25.1 Å². The molecule has 1 aromatic carbocycles. The van der Waals surface area contributed by atoms with Crippen molar-refractivity contribution in [2.24, 2.45) is 5.92 Å². The van der Waals surface area contributed by atoms with Crippen molar-refractivity contribution in [1.29, 1.82) is 0 Å². The second kappa shape index (κ2) is 8.22. The number of hydrogen-bond acceptors (Lipinski definition) is 4. The molecular weight excluding hydrogens is 362 g/mol. The number of carbonyl (C=O) groups is 1. The van der Waals surface area contributed by atoms with Crippen molar-refractivity contribution in [3.63, 3.8) is 0 Å². The van der Waals surface area contributed by atoms with Gasteiger partial charge in [0.1, 0.15) is 5.82 Å². The zero-order chi connectivity index (χ0) is 20.2. The van der Waals surface area contributed by atoms with E-state index in [2.05, 4.69) is 26.8 Å². The van der Waals surface area contributed by atoms with Crippen LogP contribution in [0.5, 0.6) is 0 Å². The summed E-state index contributed by atoms with van der Waals surface area (Å²) < 4.78 is 2.10. The van der Waals surface area contributed by atoms with Crippen LogP contribution in [0.25, 0.3) is 22.2 Å². The molecule has 3 heterocycles. The number of fused-ring (bicyclic) bond motifs is 1. The highest BCUT2D eigenvalue weighted by Gasteiger charge is 2.15. The first-order valence-electron chi connectivity index (χ1n) is 9.68. The summed E-state index contributed by atoms with van der Waals surface area (Å²) in [5, 5.41) is 3.94. The first-order chi connectivity index (χ1) is 14.1. The number of rotatable bonds is 6. The molecule has 6 heteroatoms. The number of pyridine rings is 2. The second-order valence-electron chi connectivity index (χ2n) is 7.25. The molecule has 4 aromatic rings. The summed E-state index contributed by atoms with van der Waals surface area (Å²) in [5.41, 5.74) is 3.13. The van der Waals surface area contributed by atoms with Crippen LogP contribution in [0.3, 0.4) is 0 Å². The van der Waals surface area contributed by atoms with Crippen molar-refractivity contribution in [2.75, 3.05) is 6.54 Å². The maximum absolute atomic E-state index is 13.0. The standard InChI is InChI=1S/C23H23N5O/c1-16(15-28-12-11-25-17(28)2)14-26-23(29)20-13-22(18-7-9-24-10-8-18)27-21-6-4-3-5-19(20)21/h3-13,16H,14-15H2,1-2H3,(H,26,29)/t16-/m1/s1. The predicted octanol–water partition coefficient (Wildman–Crippen LogP) is 3.87. The van der Waals surface area contributed by atoms with Crippen LogP contribution in [0.2, 0.25) is 0 Å². The van der Waals surface area contributed by atoms with E-state index in [1.807, 2.05) is 55.6 Å². The van der Waals surface area contributed by atoms with Gasteiger partial charge in [0.25, 0.3) is 5.91 Å². The lowest BCUT2D eigenvalue weighted by atomic mass is 10.0. The number of nitrogens with one attached hydrogen (secondary N) is 1. The first kappa shape index (κ1) is 18.8. The lowest BCUT2D eigenvalue weighted by Gasteiger charge is -2.15. The Kier molecular flexibility index (Phi) is 5.33. The van der Waals surface area contributed by atoms with Gasteiger partial charge in [0.2, 0.25) is 0 Å². The van der Waals surface area contributed by atoms with Gasteiger partial charge >= 0.3 is 0 Å². The number of benzene rings is 1. The molecule has 0 radical (unpaired) electrons. The van der Waals surface area contributed by atoms with E-state index in [-0.39, 0.29) is 11.8 Å². The van der Waals surface area contributed by atoms with Crippen LogP contribution in [0.4, 0.5) is 0 Å². The molecule has 0 aliphatic heterocycles. The van der Waals surface area contributed by atoms with Crippen molar-refractivity contribution in [3.8, 4) is 11.3 Å². The third-order valence-corrected chi connectivity index (χ3v) is 4.98. The second-order valence-corrected chi connectivity index (χ2v) is 7.25. The molecule has 0 unspecified atom stereocenters. The fourth-order valence-electron chi connectivity index (χ4n) is 3.39. The van der Waals surface area contributed by atoms with Crippen LogP contribution >= 0.6 is 0 Å². The summed E-state index contributed by atoms with van der Waals surface area (Å²) in [4.78, 5) is 26.1. The Morgan fingerprint density at radius 1 is 1.14 bits per heavy atom. The van der Waals surface area contributed by atoms with Gasteiger partial charge in [-0.2, -0.15) is 0 Å². The normalized spacial score (nSPS) is 12.1. The minimum absolute atomic E-state index is 0.0897. The van der Waals surface area contributed by atoms with Crippen molar-refractivity contribution in [2.45, 2.75) is 20.4 Å². The number of aryl methyl sites for hydroxylation is 1. The molecule has 1 atom stereocenters. The number of carbonyl (C=O) groups excluding carboxylic acids is 1. The van der Waals surface area contributed by atoms with E-state index in [4.69, 9.17) is 4.98 Å². The summed E-state index contributed by atoms with van der Waals surface area (Å²) in [5.74, 6) is 1.16. The van der Waals surface area contributed by atoms with Crippen molar-refractivity contribution in [3.05, 3.63) is 78.6 Å². The van der Waals surface area contributed by atoms with E-state index < -0.39 is 0 Å². The highest BCUT2D eigenvalue weighted by molar-refractivity contribution is 6.07. The van der Waals surface area contributed by atoms with Crippen LogP contribution in [0.1, 0.15) is 23.1 Å². The van der Waals surface area contributed by atoms with Crippen LogP contribution in [0, 0.1) is 12.8 Å². The SMILES string of the molecule is Cc1nccn1C[C@H](C)CNC(=O)c1cc(-c2ccncc2)nc2ccccc12. The molecule has 4 rings (SSSR count). The molecule has 0 spiro atoms. The Morgan fingerprint density at radius 2 is 1.93 bits per heavy atom. The fraction of sp³-hybridized carbons (Fsp3) is 0.217. The van der Waals surface area contributed by atoms with Gasteiger partial charge in [-0.05, 0) is 37.1 Å². The van der Waals surface area contributed by atoms with E-state index in [1.165, 1.54) is 0 Å². The summed E-state index contributed by atoms with van der Waals surface area (Å²) in [6.07, 6.45) is 7.22. The Morgan fingerprint density at radius 3 is 2.69 bits per heavy atom. The highest BCUT2D eigenvalue weighted by atomic mass is 16.1. The van der Waals surface area contributed by atoms with Crippen LogP contribution < -0.4 is 5.32 Å². The molecule has 0 aliphatic carbocycles. The predicted molar refractivity (Wildman–Crippen MR) is 113 cm³/mol. The molecule has 146 valence electrons. The Labute approximate surface area is 169 Å². The summed E-state index contributed by atoms with van der Waals surface area (Å²) >= 11 is 0. The first-order valence-corrected chi connectivity index (χ1v) is 9.68. The van der Waals surface area contributed by atoms with E-state index in [0.29, 0.717) is 12.1 Å². The van der Waals surface area contributed by atoms with Gasteiger partial charge in [-0.3, -0.25) is 9.78 Å². The minimum Gasteiger partial charge on any atom is -0.352 e. The topological polar surface area (TPSA) is 72.7 Å². The maximum Gasteiger partial charge on any atom is 0.252 e. The quantitative estimate of drug-likeness (QED) is 0.547. The van der Waals surface area contributed by atoms with Gasteiger partial charge in [0.15, 0.2) is 0 Å². The molecule has 0 saturated carbocycles. The van der Waals surface area contributed by atoms with Gasteiger partial charge in [0.05, 0.1) is 16.8 Å². The fourth-order valence-corrected chi connectivity index (χ4v) is 3.39. The Balaban J connectivity index is 1.57. The molecule has 0 saturated heterocycles. The lowest BCUT2D eigenvalue weighted by Crippen LogP contribution is -2.30. The molecule has 29 heavy (non-hydrogen) atoms. The number of hydrogen-bond donors (Lipinski definition) is 1. The van der Waals surface area contributed by atoms with Gasteiger partial charge < -0.3 is 9.88 Å². The molecule has 3 aromatic heterocycles. The molecule has 0 bridgehead atoms. The van der Waals surface area contributed by atoms with Crippen molar-refractivity contribution < 1.29 is 4.79 Å². The van der Waals surface area contributed by atoms with E-state index in [9.17, 15) is 4.79 Å². The third kappa shape index (κ3) is 4.16. The van der Waals surface area contributed by atoms with Gasteiger partial charge in [-0.25, -0.2) is 9.97 Å². The lowest BCUT2D eigenvalue weighted by molar-refractivity contribution is 0.0948. The van der Waals surface area contributed by atoms with Crippen molar-refractivity contribution in [1.82, 2.24) is 24.8 Å². The molecule has 1 amide bonds. The number of imidazole rings is 1. The van der Waals surface area contributed by atoms with Crippen LogP contribution in [0.15, 0.2) is 67.3 Å². The highest BCUT2D eigenvalue weighted by Crippen LogP contribution is 2.24. The smallest absolute Gasteiger partial charge is 0.252 e. The van der Waals surface area contributed by atoms with Crippen molar-refractivity contribution >= 4 is 16.8 Å². The Hall–Kier alpha value is -3.54. The van der Waals surface area contributed by atoms with Crippen LogP contribution in [-0.2, 0) is 6.54 Å². The zero-order valence-electron chi connectivity index (χ0n) is 16.5. The summed E-state index contributed by atoms with van der Waals surface area (Å²) in [6.45, 7) is 5.49. The van der Waals surface area contributed by atoms with E-state index in [1.54, 1.807) is 18.6 Å². The minimum atomic E-state index is -0.0897. The average Bonchev–Trinajstić information content (AvgIpc) is 3.16. The zero-order valence-corrected chi connectivity index (χ0v) is 16.5. The molecular formula is C23H23N5O. The number of aromatic nitrogens is 4. The third-order valence-electron chi connectivity index (χ3n) is 4.98. The molecule has 0 fully saturated rings. The average molecular weight is 385 g/mol. The maximum atomic E-state index is 13.0. The Bertz CT molecular complexity index is 1140. The van der Waals surface area contributed by atoms with E-state index >= 15 is 0 Å². The van der Waals surface area contributed by atoms with Gasteiger partial charge in [-0.15, -0.1) is 0 Å². The number of amides is 1. The monoisotopic (exact) mass is 385 g/mol. The molecule has 0 aliphatic rings. The summed E-state index contributed by atoms with van der Waals surface area (Å²) in [6, 6.07) is 13.4. The van der Waals surface area contributed by atoms with Gasteiger partial charge in [0, 0.05) is 48.8 Å². The largest absolute Gasteiger partial charge is 0.352 e. The summed E-state index contributed by atoms with van der Waals surface area (Å²) in [7, 11) is 0. The molecule has 6 nitrogen and oxygen atoms in total. The number of nitrogens with zero attached hydrogens (tertiary/aromatic N) is 4.